The molecule has 1 aliphatic heterocycles. The van der Waals surface area contributed by atoms with Gasteiger partial charge in [0.1, 0.15) is 0 Å². The van der Waals surface area contributed by atoms with Gasteiger partial charge in [-0.3, -0.25) is 4.57 Å². The highest BCUT2D eigenvalue weighted by Gasteiger charge is 2.35. The topological polar surface area (TPSA) is 50.3 Å². The lowest BCUT2D eigenvalue weighted by atomic mass is 9.90. The maximum Gasteiger partial charge on any atom is 0.417 e. The highest BCUT2D eigenvalue weighted by molar-refractivity contribution is 9.10. The molecule has 5 nitrogen and oxygen atoms in total. The van der Waals surface area contributed by atoms with Crippen molar-refractivity contribution in [1.82, 2.24) is 14.5 Å². The Hall–Kier alpha value is -1.32. The van der Waals surface area contributed by atoms with E-state index in [9.17, 15) is 18.0 Å². The Labute approximate surface area is 175 Å². The minimum atomic E-state index is -4.47. The Bertz CT molecular complexity index is 923. The van der Waals surface area contributed by atoms with E-state index in [2.05, 4.69) is 25.8 Å². The maximum absolute atomic E-state index is 13.2. The predicted molar refractivity (Wildman–Crippen MR) is 108 cm³/mol. The number of benzene rings is 1. The maximum atomic E-state index is 13.2. The third-order valence-corrected chi connectivity index (χ3v) is 7.12. The van der Waals surface area contributed by atoms with Crippen molar-refractivity contribution < 1.29 is 17.9 Å². The number of nitrogens with one attached hydrogen (secondary N) is 1. The Morgan fingerprint density at radius 1 is 1.07 bits per heavy atom. The molecule has 2 fully saturated rings. The van der Waals surface area contributed by atoms with Gasteiger partial charge in [0.05, 0.1) is 22.7 Å². The second-order valence-corrected chi connectivity index (χ2v) is 8.93. The van der Waals surface area contributed by atoms with Crippen molar-refractivity contribution in [2.24, 2.45) is 0 Å². The molecule has 0 atom stereocenters. The quantitative estimate of drug-likeness (QED) is 0.699. The number of nitrogens with zero attached hydrogens (tertiary/aromatic N) is 2. The van der Waals surface area contributed by atoms with E-state index in [0.29, 0.717) is 17.7 Å². The Balaban J connectivity index is 1.51. The molecule has 0 radical (unpaired) electrons. The third kappa shape index (κ3) is 4.14. The zero-order valence-corrected chi connectivity index (χ0v) is 17.9. The smallest absolute Gasteiger partial charge is 0.381 e. The summed E-state index contributed by atoms with van der Waals surface area (Å²) in [7, 11) is 1.77. The summed E-state index contributed by atoms with van der Waals surface area (Å²) in [6.07, 6.45) is 1.95. The summed E-state index contributed by atoms with van der Waals surface area (Å²) < 4.78 is 46.5. The average Bonchev–Trinajstić information content (AvgIpc) is 3.01. The largest absolute Gasteiger partial charge is 0.417 e. The lowest BCUT2D eigenvalue weighted by Gasteiger charge is -2.40. The number of methoxy groups -OCH3 is 1. The lowest BCUT2D eigenvalue weighted by Crippen LogP contribution is -2.45. The number of imidazole rings is 1. The number of hydrogen-bond acceptors (Lipinski definition) is 3. The molecular weight excluding hydrogens is 451 g/mol. The fraction of sp³-hybridized carbons (Fsp3) is 0.650. The van der Waals surface area contributed by atoms with Gasteiger partial charge in [-0.25, -0.2) is 4.79 Å². The first-order valence-corrected chi connectivity index (χ1v) is 10.8. The molecule has 0 unspecified atom stereocenters. The van der Waals surface area contributed by atoms with E-state index in [-0.39, 0.29) is 21.7 Å². The van der Waals surface area contributed by atoms with Gasteiger partial charge in [0.15, 0.2) is 0 Å². The number of rotatable bonds is 3. The Kier molecular flexibility index (Phi) is 5.83. The number of fused-ring (bicyclic) bond motifs is 1. The van der Waals surface area contributed by atoms with Gasteiger partial charge < -0.3 is 14.6 Å². The predicted octanol–water partition coefficient (Wildman–Crippen LogP) is 4.71. The van der Waals surface area contributed by atoms with E-state index in [1.807, 2.05) is 0 Å². The summed E-state index contributed by atoms with van der Waals surface area (Å²) in [5.74, 6) is 0. The van der Waals surface area contributed by atoms with Crippen molar-refractivity contribution in [2.75, 3.05) is 20.2 Å². The number of H-pyrrole nitrogens is 1. The van der Waals surface area contributed by atoms with Crippen molar-refractivity contribution in [3.63, 3.8) is 0 Å². The van der Waals surface area contributed by atoms with Crippen LogP contribution in [0.3, 0.4) is 0 Å². The van der Waals surface area contributed by atoms with Crippen LogP contribution >= 0.6 is 15.9 Å². The second-order valence-electron chi connectivity index (χ2n) is 8.08. The molecule has 1 aromatic carbocycles. The van der Waals surface area contributed by atoms with Crippen molar-refractivity contribution in [3.05, 3.63) is 32.7 Å². The van der Waals surface area contributed by atoms with Gasteiger partial charge in [-0.1, -0.05) is 15.9 Å². The van der Waals surface area contributed by atoms with Crippen molar-refractivity contribution in [3.8, 4) is 0 Å². The standard InChI is InChI=1S/C20H25BrF3N3O2/c1-29-14-4-2-12(3-5-14)26-8-6-13(7-9-26)27-18-11-16(21)15(20(22,23)24)10-17(18)25-19(27)28/h10-14H,2-9H2,1H3,(H,25,28)/t12-,14-. The van der Waals surface area contributed by atoms with Crippen LogP contribution in [0, 0.1) is 0 Å². The van der Waals surface area contributed by atoms with Gasteiger partial charge in [-0.2, -0.15) is 13.2 Å². The van der Waals surface area contributed by atoms with E-state index in [4.69, 9.17) is 4.74 Å². The molecule has 2 heterocycles. The van der Waals surface area contributed by atoms with Crippen LogP contribution in [-0.4, -0.2) is 46.8 Å². The second kappa shape index (κ2) is 8.07. The van der Waals surface area contributed by atoms with E-state index in [1.54, 1.807) is 11.7 Å². The van der Waals surface area contributed by atoms with E-state index >= 15 is 0 Å². The Morgan fingerprint density at radius 2 is 1.72 bits per heavy atom. The van der Waals surface area contributed by atoms with E-state index < -0.39 is 11.7 Å². The summed E-state index contributed by atoms with van der Waals surface area (Å²) in [5.41, 5.74) is -0.370. The number of ether oxygens (including phenoxy) is 1. The minimum absolute atomic E-state index is 0.00792. The summed E-state index contributed by atoms with van der Waals surface area (Å²) in [6, 6.07) is 2.98. The monoisotopic (exact) mass is 475 g/mol. The summed E-state index contributed by atoms with van der Waals surface area (Å²) in [6.45, 7) is 1.79. The average molecular weight is 476 g/mol. The summed E-state index contributed by atoms with van der Waals surface area (Å²) in [5, 5.41) is 0. The number of aromatic amines is 1. The van der Waals surface area contributed by atoms with Crippen LogP contribution < -0.4 is 5.69 Å². The molecule has 2 aromatic rings. The SMILES string of the molecule is CO[C@H]1CC[C@H](N2CCC(n3c(=O)[nH]c4cc(C(F)(F)F)c(Br)cc43)CC2)CC1. The van der Waals surface area contributed by atoms with Gasteiger partial charge in [0.2, 0.25) is 0 Å². The van der Waals surface area contributed by atoms with Crippen LogP contribution in [0.2, 0.25) is 0 Å². The minimum Gasteiger partial charge on any atom is -0.381 e. The third-order valence-electron chi connectivity index (χ3n) is 6.47. The van der Waals surface area contributed by atoms with Crippen molar-refractivity contribution in [2.45, 2.75) is 62.9 Å². The normalized spacial score (nSPS) is 25.0. The van der Waals surface area contributed by atoms with Crippen LogP contribution in [0.15, 0.2) is 21.4 Å². The molecule has 9 heteroatoms. The number of piperidine rings is 1. The molecule has 1 saturated carbocycles. The van der Waals surface area contributed by atoms with E-state index in [1.165, 1.54) is 6.07 Å². The molecule has 1 saturated heterocycles. The van der Waals surface area contributed by atoms with E-state index in [0.717, 1.165) is 57.7 Å². The molecule has 29 heavy (non-hydrogen) atoms. The number of halogens is 4. The molecule has 160 valence electrons. The number of hydrogen-bond donors (Lipinski definition) is 1. The first-order chi connectivity index (χ1) is 13.8. The molecular formula is C20H25BrF3N3O2. The Morgan fingerprint density at radius 3 is 2.31 bits per heavy atom. The van der Waals surface area contributed by atoms with Crippen LogP contribution in [0.25, 0.3) is 11.0 Å². The molecule has 0 amide bonds. The molecule has 1 N–H and O–H groups in total. The molecule has 2 aliphatic rings. The van der Waals surface area contributed by atoms with Gasteiger partial charge in [0.25, 0.3) is 0 Å². The highest BCUT2D eigenvalue weighted by atomic mass is 79.9. The molecule has 1 aliphatic carbocycles. The first-order valence-electron chi connectivity index (χ1n) is 10.1. The zero-order valence-electron chi connectivity index (χ0n) is 16.3. The number of aromatic nitrogens is 2. The molecule has 0 bridgehead atoms. The lowest BCUT2D eigenvalue weighted by molar-refractivity contribution is -0.138. The van der Waals surface area contributed by atoms with Crippen molar-refractivity contribution in [1.29, 1.82) is 0 Å². The first kappa shape index (κ1) is 20.9. The van der Waals surface area contributed by atoms with Gasteiger partial charge >= 0.3 is 11.9 Å². The molecule has 4 rings (SSSR count). The van der Waals surface area contributed by atoms with Crippen LogP contribution in [-0.2, 0) is 10.9 Å². The molecule has 0 spiro atoms. The van der Waals surface area contributed by atoms with Crippen LogP contribution in [0.4, 0.5) is 13.2 Å². The number of likely N-dealkylation sites (tertiary alicyclic amines) is 1. The highest BCUT2D eigenvalue weighted by Crippen LogP contribution is 2.38. The summed E-state index contributed by atoms with van der Waals surface area (Å²) >= 11 is 3.03. The number of alkyl halides is 3. The van der Waals surface area contributed by atoms with Crippen LogP contribution in [0.5, 0.6) is 0 Å². The van der Waals surface area contributed by atoms with Gasteiger partial charge in [0, 0.05) is 36.8 Å². The van der Waals surface area contributed by atoms with Gasteiger partial charge in [-0.15, -0.1) is 0 Å². The van der Waals surface area contributed by atoms with Gasteiger partial charge in [-0.05, 0) is 50.7 Å². The zero-order chi connectivity index (χ0) is 20.8. The fourth-order valence-electron chi connectivity index (χ4n) is 4.88. The van der Waals surface area contributed by atoms with Crippen LogP contribution in [0.1, 0.15) is 50.1 Å². The summed E-state index contributed by atoms with van der Waals surface area (Å²) in [4.78, 5) is 17.7. The molecule has 1 aromatic heterocycles. The van der Waals surface area contributed by atoms with Crippen molar-refractivity contribution >= 4 is 27.0 Å². The fourth-order valence-corrected chi connectivity index (χ4v) is 5.44.